The van der Waals surface area contributed by atoms with E-state index in [9.17, 15) is 14.0 Å². The number of benzene rings is 2. The van der Waals surface area contributed by atoms with E-state index in [-0.39, 0.29) is 18.2 Å². The summed E-state index contributed by atoms with van der Waals surface area (Å²) in [5.41, 5.74) is 1.48. The largest absolute Gasteiger partial charge is 0.454 e. The second-order valence-electron chi connectivity index (χ2n) is 5.45. The number of halogens is 1. The molecule has 3 rings (SSSR count). The summed E-state index contributed by atoms with van der Waals surface area (Å²) in [6.45, 7) is -0.338. The zero-order valence-electron chi connectivity index (χ0n) is 13.7. The first-order chi connectivity index (χ1) is 12.6. The van der Waals surface area contributed by atoms with E-state index >= 15 is 0 Å². The summed E-state index contributed by atoms with van der Waals surface area (Å²) in [5.74, 6) is -1.22. The SMILES string of the molecule is O=C(OCC(=O)c1ccccc1)/C(=C/c1ccc(F)cc1)c1cccs1. The number of esters is 1. The minimum Gasteiger partial charge on any atom is -0.454 e. The number of carbonyl (C=O) groups excluding carboxylic acids is 2. The highest BCUT2D eigenvalue weighted by molar-refractivity contribution is 7.11. The Morgan fingerprint density at radius 1 is 0.962 bits per heavy atom. The number of ketones is 1. The maximum absolute atomic E-state index is 13.1. The Morgan fingerprint density at radius 2 is 1.69 bits per heavy atom. The van der Waals surface area contributed by atoms with Crippen molar-refractivity contribution in [2.45, 2.75) is 0 Å². The molecule has 0 amide bonds. The number of Topliss-reactive ketones (excluding diaryl/α,β-unsaturated/α-hetero) is 1. The topological polar surface area (TPSA) is 43.4 Å². The second kappa shape index (κ2) is 8.36. The predicted molar refractivity (Wildman–Crippen MR) is 100 cm³/mol. The molecule has 0 bridgehead atoms. The van der Waals surface area contributed by atoms with E-state index in [1.54, 1.807) is 48.5 Å². The monoisotopic (exact) mass is 366 g/mol. The molecular formula is C21H15FO3S. The van der Waals surface area contributed by atoms with Crippen molar-refractivity contribution in [3.8, 4) is 0 Å². The van der Waals surface area contributed by atoms with E-state index < -0.39 is 5.97 Å². The third-order valence-corrected chi connectivity index (χ3v) is 4.52. The van der Waals surface area contributed by atoms with E-state index in [0.29, 0.717) is 21.6 Å². The number of hydrogen-bond acceptors (Lipinski definition) is 4. The standard InChI is InChI=1S/C21H15FO3S/c22-17-10-8-15(9-11-17)13-18(20-7-4-12-26-20)21(24)25-14-19(23)16-5-2-1-3-6-16/h1-13H,14H2/b18-13+. The third kappa shape index (κ3) is 4.52. The highest BCUT2D eigenvalue weighted by Crippen LogP contribution is 2.24. The lowest BCUT2D eigenvalue weighted by molar-refractivity contribution is -0.135. The second-order valence-corrected chi connectivity index (χ2v) is 6.40. The van der Waals surface area contributed by atoms with Gasteiger partial charge in [-0.25, -0.2) is 9.18 Å². The molecule has 0 aliphatic rings. The average molecular weight is 366 g/mol. The van der Waals surface area contributed by atoms with E-state index in [2.05, 4.69) is 0 Å². The minimum atomic E-state index is -0.596. The average Bonchev–Trinajstić information content (AvgIpc) is 3.20. The molecule has 1 heterocycles. The molecule has 3 nitrogen and oxygen atoms in total. The lowest BCUT2D eigenvalue weighted by Crippen LogP contribution is -2.14. The van der Waals surface area contributed by atoms with Crippen molar-refractivity contribution in [3.05, 3.63) is 93.9 Å². The van der Waals surface area contributed by atoms with Crippen molar-refractivity contribution in [1.29, 1.82) is 0 Å². The van der Waals surface area contributed by atoms with Gasteiger partial charge >= 0.3 is 5.97 Å². The Kier molecular flexibility index (Phi) is 5.71. The molecule has 2 aromatic carbocycles. The van der Waals surface area contributed by atoms with Gasteiger partial charge in [0.15, 0.2) is 12.4 Å². The van der Waals surface area contributed by atoms with Gasteiger partial charge in [-0.2, -0.15) is 0 Å². The van der Waals surface area contributed by atoms with Crippen LogP contribution in [0.5, 0.6) is 0 Å². The van der Waals surface area contributed by atoms with Crippen molar-refractivity contribution < 1.29 is 18.7 Å². The molecule has 0 aliphatic carbocycles. The number of thiophene rings is 1. The first kappa shape index (κ1) is 17.8. The lowest BCUT2D eigenvalue weighted by atomic mass is 10.1. The maximum atomic E-state index is 13.1. The van der Waals surface area contributed by atoms with Crippen molar-refractivity contribution >= 4 is 34.7 Å². The number of rotatable bonds is 6. The molecule has 0 fully saturated rings. The molecule has 0 aliphatic heterocycles. The third-order valence-electron chi connectivity index (χ3n) is 3.62. The van der Waals surface area contributed by atoms with Crippen molar-refractivity contribution in [1.82, 2.24) is 0 Å². The first-order valence-electron chi connectivity index (χ1n) is 7.90. The maximum Gasteiger partial charge on any atom is 0.340 e. The minimum absolute atomic E-state index is 0.272. The Balaban J connectivity index is 1.78. The van der Waals surface area contributed by atoms with Crippen LogP contribution in [0.2, 0.25) is 0 Å². The molecule has 26 heavy (non-hydrogen) atoms. The van der Waals surface area contributed by atoms with Gasteiger partial charge in [0.25, 0.3) is 0 Å². The van der Waals surface area contributed by atoms with E-state index in [1.807, 2.05) is 17.5 Å². The summed E-state index contributed by atoms with van der Waals surface area (Å²) in [6, 6.07) is 18.1. The van der Waals surface area contributed by atoms with Crippen LogP contribution in [0, 0.1) is 5.82 Å². The van der Waals surface area contributed by atoms with Gasteiger partial charge < -0.3 is 4.74 Å². The molecule has 3 aromatic rings. The predicted octanol–water partition coefficient (Wildman–Crippen LogP) is 4.85. The van der Waals surface area contributed by atoms with E-state index in [1.165, 1.54) is 23.5 Å². The smallest absolute Gasteiger partial charge is 0.340 e. The van der Waals surface area contributed by atoms with Crippen LogP contribution in [-0.4, -0.2) is 18.4 Å². The molecular weight excluding hydrogens is 351 g/mol. The van der Waals surface area contributed by atoms with Crippen LogP contribution in [0.1, 0.15) is 20.8 Å². The summed E-state index contributed by atoms with van der Waals surface area (Å²) in [6.07, 6.45) is 1.63. The van der Waals surface area contributed by atoms with Crippen molar-refractivity contribution in [2.24, 2.45) is 0 Å². The van der Waals surface area contributed by atoms with Crippen LogP contribution in [-0.2, 0) is 9.53 Å². The van der Waals surface area contributed by atoms with Gasteiger partial charge in [-0.05, 0) is 35.2 Å². The zero-order valence-corrected chi connectivity index (χ0v) is 14.5. The lowest BCUT2D eigenvalue weighted by Gasteiger charge is -2.07. The van der Waals surface area contributed by atoms with Crippen LogP contribution in [0.25, 0.3) is 11.6 Å². The van der Waals surface area contributed by atoms with Crippen LogP contribution < -0.4 is 0 Å². The van der Waals surface area contributed by atoms with Gasteiger partial charge in [0.1, 0.15) is 5.82 Å². The molecule has 1 aromatic heterocycles. The summed E-state index contributed by atoms with van der Waals surface area (Å²) in [7, 11) is 0. The van der Waals surface area contributed by atoms with Crippen LogP contribution >= 0.6 is 11.3 Å². The normalized spacial score (nSPS) is 11.2. The number of ether oxygens (including phenoxy) is 1. The van der Waals surface area contributed by atoms with E-state index in [4.69, 9.17) is 4.74 Å². The van der Waals surface area contributed by atoms with Crippen LogP contribution in [0.15, 0.2) is 72.1 Å². The molecule has 0 unspecified atom stereocenters. The molecule has 5 heteroatoms. The Labute approximate surface area is 154 Å². The van der Waals surface area contributed by atoms with Gasteiger partial charge in [-0.1, -0.05) is 48.5 Å². The van der Waals surface area contributed by atoms with Gasteiger partial charge in [-0.15, -0.1) is 11.3 Å². The fraction of sp³-hybridized carbons (Fsp3) is 0.0476. The molecule has 0 saturated carbocycles. The van der Waals surface area contributed by atoms with Crippen molar-refractivity contribution in [3.63, 3.8) is 0 Å². The molecule has 0 atom stereocenters. The molecule has 0 spiro atoms. The van der Waals surface area contributed by atoms with Crippen LogP contribution in [0.3, 0.4) is 0 Å². The highest BCUT2D eigenvalue weighted by atomic mass is 32.1. The molecule has 0 N–H and O–H groups in total. The molecule has 130 valence electrons. The zero-order chi connectivity index (χ0) is 18.4. The van der Waals surface area contributed by atoms with Crippen LogP contribution in [0.4, 0.5) is 4.39 Å². The fourth-order valence-electron chi connectivity index (χ4n) is 2.30. The number of hydrogen-bond donors (Lipinski definition) is 0. The number of carbonyl (C=O) groups is 2. The van der Waals surface area contributed by atoms with Gasteiger partial charge in [0.05, 0.1) is 5.57 Å². The molecule has 0 saturated heterocycles. The van der Waals surface area contributed by atoms with E-state index in [0.717, 1.165) is 0 Å². The fourth-order valence-corrected chi connectivity index (χ4v) is 3.03. The Morgan fingerprint density at radius 3 is 2.35 bits per heavy atom. The summed E-state index contributed by atoms with van der Waals surface area (Å²) in [5, 5.41) is 1.84. The summed E-state index contributed by atoms with van der Waals surface area (Å²) < 4.78 is 18.3. The quantitative estimate of drug-likeness (QED) is 0.356. The van der Waals surface area contributed by atoms with Crippen molar-refractivity contribution in [2.75, 3.05) is 6.61 Å². The summed E-state index contributed by atoms with van der Waals surface area (Å²) >= 11 is 1.38. The Hall–Kier alpha value is -3.05. The molecule has 0 radical (unpaired) electrons. The summed E-state index contributed by atoms with van der Waals surface area (Å²) in [4.78, 5) is 25.4. The first-order valence-corrected chi connectivity index (χ1v) is 8.78. The van der Waals surface area contributed by atoms with Gasteiger partial charge in [-0.3, -0.25) is 4.79 Å². The highest BCUT2D eigenvalue weighted by Gasteiger charge is 2.17. The Bertz CT molecular complexity index is 914. The van der Waals surface area contributed by atoms with Gasteiger partial charge in [0, 0.05) is 10.4 Å². The van der Waals surface area contributed by atoms with Gasteiger partial charge in [0.2, 0.25) is 0 Å².